The minimum absolute atomic E-state index is 0.846. The fraction of sp³-hybridized carbons (Fsp3) is 1.00. The number of rotatable bonds is 9. The zero-order valence-corrected chi connectivity index (χ0v) is 12.6. The highest BCUT2D eigenvalue weighted by molar-refractivity contribution is 4.70. The third kappa shape index (κ3) is 7.30. The Labute approximate surface area is 104 Å². The van der Waals surface area contributed by atoms with E-state index < -0.39 is 0 Å². The maximum atomic E-state index is 2.46. The average molecular weight is 226 g/mol. The molecule has 0 aromatic rings. The molecule has 98 valence electrons. The maximum Gasteiger partial charge on any atom is -0.0386 e. The summed E-state index contributed by atoms with van der Waals surface area (Å²) in [5, 5.41) is 0. The Morgan fingerprint density at radius 2 is 1.38 bits per heavy atom. The van der Waals surface area contributed by atoms with E-state index in [1.807, 2.05) is 0 Å². The van der Waals surface area contributed by atoms with E-state index >= 15 is 0 Å². The van der Waals surface area contributed by atoms with Crippen molar-refractivity contribution in [3.05, 3.63) is 0 Å². The van der Waals surface area contributed by atoms with Gasteiger partial charge in [-0.3, -0.25) is 0 Å². The minimum atomic E-state index is 0.846. The lowest BCUT2D eigenvalue weighted by Gasteiger charge is -2.27. The first-order valence-corrected chi connectivity index (χ1v) is 7.49. The van der Waals surface area contributed by atoms with E-state index in [9.17, 15) is 0 Å². The average Bonchev–Trinajstić information content (AvgIpc) is 2.21. The zero-order valence-electron chi connectivity index (χ0n) is 12.6. The van der Waals surface area contributed by atoms with E-state index in [0.717, 1.165) is 23.7 Å². The van der Waals surface area contributed by atoms with Crippen molar-refractivity contribution < 1.29 is 0 Å². The molecule has 2 atom stereocenters. The smallest absolute Gasteiger partial charge is 0.0386 e. The van der Waals surface area contributed by atoms with E-state index in [-0.39, 0.29) is 0 Å². The lowest BCUT2D eigenvalue weighted by atomic mass is 9.78. The van der Waals surface area contributed by atoms with E-state index in [0.29, 0.717) is 0 Å². The Kier molecular flexibility index (Phi) is 9.07. The van der Waals surface area contributed by atoms with Gasteiger partial charge in [-0.1, -0.05) is 73.6 Å². The van der Waals surface area contributed by atoms with Gasteiger partial charge in [0.05, 0.1) is 0 Å². The Hall–Kier alpha value is 0. The number of hydrogen-bond acceptors (Lipinski definition) is 0. The van der Waals surface area contributed by atoms with Gasteiger partial charge in [-0.25, -0.2) is 0 Å². The summed E-state index contributed by atoms with van der Waals surface area (Å²) >= 11 is 0. The SMILES string of the molecule is CCCCCC(CCC(C)C)C(C)C(C)C. The molecule has 0 fully saturated rings. The van der Waals surface area contributed by atoms with Gasteiger partial charge in [-0.05, 0) is 30.1 Å². The van der Waals surface area contributed by atoms with Gasteiger partial charge in [0.25, 0.3) is 0 Å². The van der Waals surface area contributed by atoms with Crippen LogP contribution in [0.25, 0.3) is 0 Å². The largest absolute Gasteiger partial charge is 0.0654 e. The second-order valence-electron chi connectivity index (χ2n) is 6.33. The third-order valence-corrected chi connectivity index (χ3v) is 4.09. The molecule has 0 aliphatic heterocycles. The highest BCUT2D eigenvalue weighted by atomic mass is 14.2. The lowest BCUT2D eigenvalue weighted by Crippen LogP contribution is -2.18. The van der Waals surface area contributed by atoms with Crippen LogP contribution in [0.4, 0.5) is 0 Å². The molecule has 0 radical (unpaired) electrons. The Morgan fingerprint density at radius 3 is 1.81 bits per heavy atom. The highest BCUT2D eigenvalue weighted by Crippen LogP contribution is 2.30. The van der Waals surface area contributed by atoms with E-state index in [1.165, 1.54) is 38.5 Å². The summed E-state index contributed by atoms with van der Waals surface area (Å²) in [5.74, 6) is 3.58. The lowest BCUT2D eigenvalue weighted by molar-refractivity contribution is 0.230. The number of unbranched alkanes of at least 4 members (excludes halogenated alkanes) is 2. The van der Waals surface area contributed by atoms with Gasteiger partial charge in [-0.15, -0.1) is 0 Å². The molecule has 0 bridgehead atoms. The molecule has 16 heavy (non-hydrogen) atoms. The summed E-state index contributed by atoms with van der Waals surface area (Å²) in [6, 6.07) is 0. The first kappa shape index (κ1) is 16.0. The predicted octanol–water partition coefficient (Wildman–Crippen LogP) is 5.91. The Morgan fingerprint density at radius 1 is 0.750 bits per heavy atom. The van der Waals surface area contributed by atoms with Crippen molar-refractivity contribution in [2.24, 2.45) is 23.7 Å². The summed E-state index contributed by atoms with van der Waals surface area (Å²) in [5.41, 5.74) is 0. The molecular weight excluding hydrogens is 192 g/mol. The van der Waals surface area contributed by atoms with Gasteiger partial charge in [0.1, 0.15) is 0 Å². The van der Waals surface area contributed by atoms with Crippen molar-refractivity contribution in [1.82, 2.24) is 0 Å². The fourth-order valence-corrected chi connectivity index (χ4v) is 2.42. The molecular formula is C16H34. The van der Waals surface area contributed by atoms with Crippen molar-refractivity contribution >= 4 is 0 Å². The fourth-order valence-electron chi connectivity index (χ4n) is 2.42. The normalized spacial score (nSPS) is 15.8. The van der Waals surface area contributed by atoms with Crippen LogP contribution in [-0.2, 0) is 0 Å². The molecule has 2 unspecified atom stereocenters. The zero-order chi connectivity index (χ0) is 12.6. The molecule has 0 aromatic carbocycles. The van der Waals surface area contributed by atoms with Gasteiger partial charge in [0.15, 0.2) is 0 Å². The maximum absolute atomic E-state index is 2.46. The van der Waals surface area contributed by atoms with Crippen LogP contribution in [-0.4, -0.2) is 0 Å². The molecule has 0 rings (SSSR count). The molecule has 0 amide bonds. The molecule has 0 aliphatic rings. The monoisotopic (exact) mass is 226 g/mol. The van der Waals surface area contributed by atoms with Crippen molar-refractivity contribution in [3.63, 3.8) is 0 Å². The summed E-state index contributed by atoms with van der Waals surface area (Å²) in [6.07, 6.45) is 8.53. The Balaban J connectivity index is 4.04. The van der Waals surface area contributed by atoms with Crippen LogP contribution in [0.1, 0.15) is 80.1 Å². The van der Waals surface area contributed by atoms with E-state index in [2.05, 4.69) is 41.5 Å². The van der Waals surface area contributed by atoms with Crippen LogP contribution in [0.2, 0.25) is 0 Å². The first-order chi connectivity index (χ1) is 7.49. The van der Waals surface area contributed by atoms with Crippen LogP contribution in [0, 0.1) is 23.7 Å². The summed E-state index contributed by atoms with van der Waals surface area (Å²) < 4.78 is 0. The van der Waals surface area contributed by atoms with Gasteiger partial charge < -0.3 is 0 Å². The first-order valence-electron chi connectivity index (χ1n) is 7.49. The van der Waals surface area contributed by atoms with Crippen LogP contribution in [0.3, 0.4) is 0 Å². The van der Waals surface area contributed by atoms with Crippen molar-refractivity contribution in [3.8, 4) is 0 Å². The summed E-state index contributed by atoms with van der Waals surface area (Å²) in [7, 11) is 0. The van der Waals surface area contributed by atoms with Gasteiger partial charge in [-0.2, -0.15) is 0 Å². The predicted molar refractivity (Wildman–Crippen MR) is 75.7 cm³/mol. The molecule has 0 spiro atoms. The second-order valence-corrected chi connectivity index (χ2v) is 6.33. The van der Waals surface area contributed by atoms with Crippen molar-refractivity contribution in [2.75, 3.05) is 0 Å². The molecule has 0 nitrogen and oxygen atoms in total. The van der Waals surface area contributed by atoms with Crippen LogP contribution in [0.15, 0.2) is 0 Å². The van der Waals surface area contributed by atoms with Gasteiger partial charge in [0.2, 0.25) is 0 Å². The molecule has 0 aromatic heterocycles. The van der Waals surface area contributed by atoms with Crippen molar-refractivity contribution in [1.29, 1.82) is 0 Å². The minimum Gasteiger partial charge on any atom is -0.0654 e. The van der Waals surface area contributed by atoms with E-state index in [1.54, 1.807) is 0 Å². The molecule has 0 aliphatic carbocycles. The topological polar surface area (TPSA) is 0 Å². The highest BCUT2D eigenvalue weighted by Gasteiger charge is 2.19. The van der Waals surface area contributed by atoms with Crippen molar-refractivity contribution in [2.45, 2.75) is 80.1 Å². The summed E-state index contributed by atoms with van der Waals surface area (Å²) in [4.78, 5) is 0. The quantitative estimate of drug-likeness (QED) is 0.429. The molecule has 0 heteroatoms. The molecule has 0 heterocycles. The van der Waals surface area contributed by atoms with Crippen LogP contribution >= 0.6 is 0 Å². The molecule has 0 saturated carbocycles. The standard InChI is InChI=1S/C16H34/c1-7-8-9-10-16(12-11-13(2)3)15(6)14(4)5/h13-16H,7-12H2,1-6H3. The summed E-state index contributed by atoms with van der Waals surface area (Å²) in [6.45, 7) is 14.2. The Bertz CT molecular complexity index is 146. The van der Waals surface area contributed by atoms with Gasteiger partial charge >= 0.3 is 0 Å². The second kappa shape index (κ2) is 9.07. The number of hydrogen-bond donors (Lipinski definition) is 0. The van der Waals surface area contributed by atoms with Crippen LogP contribution in [0.5, 0.6) is 0 Å². The van der Waals surface area contributed by atoms with Gasteiger partial charge in [0, 0.05) is 0 Å². The van der Waals surface area contributed by atoms with Crippen LogP contribution < -0.4 is 0 Å². The van der Waals surface area contributed by atoms with E-state index in [4.69, 9.17) is 0 Å². The molecule has 0 saturated heterocycles. The third-order valence-electron chi connectivity index (χ3n) is 4.09. The molecule has 0 N–H and O–H groups in total.